The fraction of sp³-hybridized carbons (Fsp3) is 0.394. The van der Waals surface area contributed by atoms with E-state index in [4.69, 9.17) is 9.47 Å². The smallest absolute Gasteiger partial charge is 0.341 e. The van der Waals surface area contributed by atoms with Crippen LogP contribution in [0.1, 0.15) is 66.9 Å². The number of benzene rings is 3. The van der Waals surface area contributed by atoms with Crippen LogP contribution >= 0.6 is 11.8 Å². The Bertz CT molecular complexity index is 1120. The summed E-state index contributed by atoms with van der Waals surface area (Å²) in [4.78, 5) is 24.6. The van der Waals surface area contributed by atoms with Crippen LogP contribution in [0.25, 0.3) is 0 Å². The largest absolute Gasteiger partial charge is 0.469 e. The van der Waals surface area contributed by atoms with E-state index in [0.29, 0.717) is 11.5 Å². The zero-order valence-electron chi connectivity index (χ0n) is 22.8. The molecule has 3 rings (SSSR count). The van der Waals surface area contributed by atoms with Crippen molar-refractivity contribution in [3.05, 3.63) is 102 Å². The summed E-state index contributed by atoms with van der Waals surface area (Å²) >= 11 is 1.38. The summed E-state index contributed by atoms with van der Waals surface area (Å²) in [7, 11) is 1.36. The van der Waals surface area contributed by atoms with E-state index < -0.39 is 17.3 Å². The third kappa shape index (κ3) is 10.9. The van der Waals surface area contributed by atoms with Gasteiger partial charge in [0, 0.05) is 5.75 Å². The Morgan fingerprint density at radius 2 is 1.36 bits per heavy atom. The molecule has 0 aliphatic rings. The van der Waals surface area contributed by atoms with E-state index in [1.165, 1.54) is 50.1 Å². The van der Waals surface area contributed by atoms with Gasteiger partial charge >= 0.3 is 11.9 Å². The lowest BCUT2D eigenvalue weighted by molar-refractivity contribution is -0.143. The SMILES string of the molecule is COC(=O)CCS[C@H](c1ccccc1CCCCCCCCc1ccccc1)[C@@H](O)C(=O)Oc1ccccc1. The molecule has 3 aromatic rings. The maximum Gasteiger partial charge on any atom is 0.341 e. The van der Waals surface area contributed by atoms with Crippen molar-refractivity contribution in [2.75, 3.05) is 12.9 Å². The van der Waals surface area contributed by atoms with Crippen molar-refractivity contribution in [2.24, 2.45) is 0 Å². The summed E-state index contributed by atoms with van der Waals surface area (Å²) in [6.45, 7) is 0. The number of aliphatic hydroxyl groups excluding tert-OH is 1. The molecule has 3 aromatic carbocycles. The topological polar surface area (TPSA) is 72.8 Å². The van der Waals surface area contributed by atoms with E-state index in [0.717, 1.165) is 36.8 Å². The van der Waals surface area contributed by atoms with Crippen LogP contribution in [-0.2, 0) is 27.2 Å². The molecule has 0 aliphatic heterocycles. The molecule has 1 N–H and O–H groups in total. The minimum absolute atomic E-state index is 0.199. The molecule has 0 bridgehead atoms. The quantitative estimate of drug-likeness (QED) is 0.110. The number of carbonyl (C=O) groups is 2. The van der Waals surface area contributed by atoms with E-state index in [2.05, 4.69) is 36.4 Å². The highest BCUT2D eigenvalue weighted by atomic mass is 32.2. The Morgan fingerprint density at radius 1 is 0.769 bits per heavy atom. The van der Waals surface area contributed by atoms with Crippen molar-refractivity contribution in [3.8, 4) is 5.75 Å². The van der Waals surface area contributed by atoms with Gasteiger partial charge in [-0.05, 0) is 54.5 Å². The number of methoxy groups -OCH3 is 1. The molecule has 0 saturated heterocycles. The van der Waals surface area contributed by atoms with Gasteiger partial charge in [0.25, 0.3) is 0 Å². The summed E-state index contributed by atoms with van der Waals surface area (Å²) in [6, 6.07) is 27.3. The normalized spacial score (nSPS) is 12.5. The molecule has 0 amide bonds. The minimum Gasteiger partial charge on any atom is -0.469 e. The molecular formula is C33H40O5S. The molecule has 2 atom stereocenters. The number of ether oxygens (including phenoxy) is 2. The first-order valence-electron chi connectivity index (χ1n) is 13.8. The molecule has 208 valence electrons. The number of hydrogen-bond acceptors (Lipinski definition) is 6. The number of aliphatic hydroxyl groups is 1. The summed E-state index contributed by atoms with van der Waals surface area (Å²) < 4.78 is 10.2. The number of unbranched alkanes of at least 4 members (excludes halogenated alkanes) is 5. The summed E-state index contributed by atoms with van der Waals surface area (Å²) in [5.41, 5.74) is 3.43. The molecule has 6 heteroatoms. The molecular weight excluding hydrogens is 508 g/mol. The highest BCUT2D eigenvalue weighted by molar-refractivity contribution is 7.99. The van der Waals surface area contributed by atoms with Crippen molar-refractivity contribution in [1.82, 2.24) is 0 Å². The number of hydrogen-bond donors (Lipinski definition) is 1. The Balaban J connectivity index is 1.55. The van der Waals surface area contributed by atoms with Crippen molar-refractivity contribution in [3.63, 3.8) is 0 Å². The van der Waals surface area contributed by atoms with Gasteiger partial charge in [-0.15, -0.1) is 11.8 Å². The van der Waals surface area contributed by atoms with Crippen LogP contribution in [0.4, 0.5) is 0 Å². The van der Waals surface area contributed by atoms with Crippen LogP contribution < -0.4 is 4.74 Å². The molecule has 0 fully saturated rings. The van der Waals surface area contributed by atoms with Crippen LogP contribution in [0.5, 0.6) is 5.75 Å². The zero-order valence-corrected chi connectivity index (χ0v) is 23.6. The second-order valence-electron chi connectivity index (χ2n) is 9.60. The highest BCUT2D eigenvalue weighted by Crippen LogP contribution is 2.36. The van der Waals surface area contributed by atoms with Crippen molar-refractivity contribution in [1.29, 1.82) is 0 Å². The predicted octanol–water partition coefficient (Wildman–Crippen LogP) is 7.12. The van der Waals surface area contributed by atoms with Gasteiger partial charge in [0.05, 0.1) is 18.8 Å². The number of esters is 2. The average molecular weight is 549 g/mol. The summed E-state index contributed by atoms with van der Waals surface area (Å²) in [6.07, 6.45) is 7.88. The Labute approximate surface area is 236 Å². The van der Waals surface area contributed by atoms with Gasteiger partial charge in [-0.1, -0.05) is 98.5 Å². The Hall–Kier alpha value is -3.09. The Morgan fingerprint density at radius 3 is 2.05 bits per heavy atom. The first-order valence-corrected chi connectivity index (χ1v) is 14.9. The first kappa shape index (κ1) is 30.5. The number of rotatable bonds is 17. The van der Waals surface area contributed by atoms with Crippen LogP contribution in [-0.4, -0.2) is 36.0 Å². The van der Waals surface area contributed by atoms with Crippen LogP contribution in [0.3, 0.4) is 0 Å². The standard InChI is InChI=1S/C33H40O5S/c1-37-30(34)24-25-39-32(31(35)33(36)38-28-21-12-7-13-22-28)29-23-15-14-20-27(29)19-11-5-3-2-4-8-16-26-17-9-6-10-18-26/h6-7,9-10,12-15,17-18,20-23,31-32,35H,2-5,8,11,16,19,24-25H2,1H3/t31-,32-/m1/s1. The van der Waals surface area contributed by atoms with Crippen LogP contribution in [0.2, 0.25) is 0 Å². The lowest BCUT2D eigenvalue weighted by atomic mass is 9.96. The molecule has 0 aliphatic carbocycles. The summed E-state index contributed by atoms with van der Waals surface area (Å²) in [5, 5.41) is 10.5. The minimum atomic E-state index is -1.38. The lowest BCUT2D eigenvalue weighted by Crippen LogP contribution is -2.31. The number of carbonyl (C=O) groups excluding carboxylic acids is 2. The van der Waals surface area contributed by atoms with Crippen LogP contribution in [0, 0.1) is 0 Å². The monoisotopic (exact) mass is 548 g/mol. The van der Waals surface area contributed by atoms with Gasteiger partial charge in [-0.3, -0.25) is 4.79 Å². The van der Waals surface area contributed by atoms with Gasteiger partial charge < -0.3 is 14.6 Å². The maximum atomic E-state index is 12.9. The maximum absolute atomic E-state index is 12.9. The highest BCUT2D eigenvalue weighted by Gasteiger charge is 2.31. The average Bonchev–Trinajstić information content (AvgIpc) is 2.97. The zero-order chi connectivity index (χ0) is 27.7. The van der Waals surface area contributed by atoms with Gasteiger partial charge in [-0.2, -0.15) is 0 Å². The molecule has 0 saturated carbocycles. The second-order valence-corrected chi connectivity index (χ2v) is 10.9. The number of aryl methyl sites for hydroxylation is 2. The predicted molar refractivity (Wildman–Crippen MR) is 158 cm³/mol. The fourth-order valence-corrected chi connectivity index (χ4v) is 5.79. The van der Waals surface area contributed by atoms with Crippen LogP contribution in [0.15, 0.2) is 84.9 Å². The molecule has 0 unspecified atom stereocenters. The number of thioether (sulfide) groups is 1. The third-order valence-corrected chi connectivity index (χ3v) is 8.00. The van der Waals surface area contributed by atoms with Gasteiger partial charge in [-0.25, -0.2) is 4.79 Å². The van der Waals surface area contributed by atoms with E-state index in [1.807, 2.05) is 24.3 Å². The number of para-hydroxylation sites is 1. The lowest BCUT2D eigenvalue weighted by Gasteiger charge is -2.24. The van der Waals surface area contributed by atoms with Crippen molar-refractivity contribution < 1.29 is 24.2 Å². The van der Waals surface area contributed by atoms with Gasteiger partial charge in [0.1, 0.15) is 5.75 Å². The third-order valence-electron chi connectivity index (χ3n) is 6.69. The van der Waals surface area contributed by atoms with E-state index in [9.17, 15) is 14.7 Å². The molecule has 0 aromatic heterocycles. The Kier molecular flexibility index (Phi) is 13.7. The molecule has 39 heavy (non-hydrogen) atoms. The fourth-order valence-electron chi connectivity index (χ4n) is 4.55. The van der Waals surface area contributed by atoms with E-state index in [-0.39, 0.29) is 12.4 Å². The van der Waals surface area contributed by atoms with Crippen molar-refractivity contribution in [2.45, 2.75) is 69.1 Å². The second kappa shape index (κ2) is 17.5. The van der Waals surface area contributed by atoms with Gasteiger partial charge in [0.2, 0.25) is 0 Å². The summed E-state index contributed by atoms with van der Waals surface area (Å²) in [5.74, 6) is -0.219. The van der Waals surface area contributed by atoms with Crippen molar-refractivity contribution >= 4 is 23.7 Å². The first-order chi connectivity index (χ1) is 19.1. The molecule has 0 spiro atoms. The molecule has 0 radical (unpaired) electrons. The van der Waals surface area contributed by atoms with E-state index in [1.54, 1.807) is 24.3 Å². The van der Waals surface area contributed by atoms with Gasteiger partial charge in [0.15, 0.2) is 6.10 Å². The molecule has 5 nitrogen and oxygen atoms in total. The molecule has 0 heterocycles. The van der Waals surface area contributed by atoms with E-state index >= 15 is 0 Å².